The van der Waals surface area contributed by atoms with Gasteiger partial charge in [-0.05, 0) is 36.1 Å². The van der Waals surface area contributed by atoms with E-state index in [0.717, 1.165) is 46.2 Å². The van der Waals surface area contributed by atoms with E-state index < -0.39 is 11.6 Å². The molecule has 1 aliphatic heterocycles. The number of imide groups is 1. The molecule has 5 rings (SSSR count). The number of hydrogen-bond acceptors (Lipinski definition) is 3. The Morgan fingerprint density at radius 2 is 1.76 bits per heavy atom. The van der Waals surface area contributed by atoms with Crippen molar-refractivity contribution in [2.75, 3.05) is 13.1 Å². The van der Waals surface area contributed by atoms with E-state index in [0.29, 0.717) is 17.9 Å². The van der Waals surface area contributed by atoms with Crippen molar-refractivity contribution in [3.05, 3.63) is 70.9 Å². The van der Waals surface area contributed by atoms with Gasteiger partial charge in [0.05, 0.1) is 0 Å². The van der Waals surface area contributed by atoms with Crippen LogP contribution in [-0.2, 0) is 9.59 Å². The lowest BCUT2D eigenvalue weighted by Gasteiger charge is -2.30. The topological polar surface area (TPSA) is 94.3 Å². The number of rotatable bonds is 6. The van der Waals surface area contributed by atoms with E-state index >= 15 is 0 Å². The molecule has 2 heterocycles. The van der Waals surface area contributed by atoms with E-state index in [9.17, 15) is 14.4 Å². The van der Waals surface area contributed by atoms with Crippen LogP contribution in [0, 0.1) is 0 Å². The maximum atomic E-state index is 13.0. The van der Waals surface area contributed by atoms with E-state index in [1.54, 1.807) is 0 Å². The van der Waals surface area contributed by atoms with Gasteiger partial charge in [0.25, 0.3) is 5.91 Å². The summed E-state index contributed by atoms with van der Waals surface area (Å²) >= 11 is 6.53. The van der Waals surface area contributed by atoms with E-state index in [-0.39, 0.29) is 30.8 Å². The van der Waals surface area contributed by atoms with Gasteiger partial charge in [-0.3, -0.25) is 14.5 Å². The Bertz CT molecular complexity index is 1250. The maximum Gasteiger partial charge on any atom is 0.325 e. The summed E-state index contributed by atoms with van der Waals surface area (Å²) in [4.78, 5) is 42.8. The van der Waals surface area contributed by atoms with Crippen molar-refractivity contribution >= 4 is 40.3 Å². The molecule has 1 unspecified atom stereocenters. The summed E-state index contributed by atoms with van der Waals surface area (Å²) < 4.78 is 0. The van der Waals surface area contributed by atoms with Crippen LogP contribution in [0.5, 0.6) is 0 Å². The van der Waals surface area contributed by atoms with Gasteiger partial charge >= 0.3 is 6.03 Å². The highest BCUT2D eigenvalue weighted by atomic mass is 35.5. The fourth-order valence-electron chi connectivity index (χ4n) is 5.26. The summed E-state index contributed by atoms with van der Waals surface area (Å²) in [7, 11) is 0. The summed E-state index contributed by atoms with van der Waals surface area (Å²) in [5.74, 6) is -0.874. The summed E-state index contributed by atoms with van der Waals surface area (Å²) in [6.45, 7) is -0.0191. The van der Waals surface area contributed by atoms with Crippen LogP contribution >= 0.6 is 11.6 Å². The third kappa shape index (κ3) is 4.05. The number of H-pyrrole nitrogens is 1. The molecule has 7 nitrogen and oxygen atoms in total. The number of urea groups is 1. The molecule has 2 aromatic carbocycles. The molecule has 0 radical (unpaired) electrons. The third-order valence-electron chi connectivity index (χ3n) is 7.04. The molecule has 3 N–H and O–H groups in total. The van der Waals surface area contributed by atoms with Crippen LogP contribution in [0.1, 0.15) is 49.1 Å². The van der Waals surface area contributed by atoms with E-state index in [1.165, 1.54) is 0 Å². The van der Waals surface area contributed by atoms with Gasteiger partial charge in [0.1, 0.15) is 12.1 Å². The molecule has 0 bridgehead atoms. The SMILES string of the molecule is O=C(CN1C(=O)NC2(CCCCC2)C1=O)NCC(c1ccccc1Cl)c1c[nH]c2ccccc12. The zero-order valence-corrected chi connectivity index (χ0v) is 19.5. The fraction of sp³-hybridized carbons (Fsp3) is 0.346. The molecule has 1 saturated heterocycles. The number of carbonyl (C=O) groups excluding carboxylic acids is 3. The zero-order chi connectivity index (χ0) is 23.7. The first kappa shape index (κ1) is 22.5. The molecule has 4 amide bonds. The van der Waals surface area contributed by atoms with E-state index in [4.69, 9.17) is 11.6 Å². The van der Waals surface area contributed by atoms with Crippen molar-refractivity contribution in [2.45, 2.75) is 43.6 Å². The smallest absolute Gasteiger partial charge is 0.325 e. The molecule has 1 spiro atoms. The molecular formula is C26H27ClN4O3. The van der Waals surface area contributed by atoms with Gasteiger partial charge in [0, 0.05) is 34.6 Å². The van der Waals surface area contributed by atoms with Gasteiger partial charge < -0.3 is 15.6 Å². The number of fused-ring (bicyclic) bond motifs is 1. The highest BCUT2D eigenvalue weighted by molar-refractivity contribution is 6.31. The molecule has 1 saturated carbocycles. The molecule has 1 atom stereocenters. The number of para-hydroxylation sites is 1. The maximum absolute atomic E-state index is 13.0. The highest BCUT2D eigenvalue weighted by Gasteiger charge is 2.51. The Morgan fingerprint density at radius 3 is 2.56 bits per heavy atom. The predicted molar refractivity (Wildman–Crippen MR) is 131 cm³/mol. The molecule has 1 aliphatic carbocycles. The summed E-state index contributed by atoms with van der Waals surface area (Å²) in [6, 6.07) is 15.1. The van der Waals surface area contributed by atoms with Crippen molar-refractivity contribution in [3.8, 4) is 0 Å². The number of benzene rings is 2. The van der Waals surface area contributed by atoms with Crippen molar-refractivity contribution in [2.24, 2.45) is 0 Å². The van der Waals surface area contributed by atoms with Crippen LogP contribution in [0.15, 0.2) is 54.7 Å². The van der Waals surface area contributed by atoms with Crippen molar-refractivity contribution in [1.29, 1.82) is 0 Å². The van der Waals surface area contributed by atoms with Gasteiger partial charge in [-0.15, -0.1) is 0 Å². The Kier molecular flexibility index (Phi) is 6.04. The second-order valence-corrected chi connectivity index (χ2v) is 9.54. The van der Waals surface area contributed by atoms with Gasteiger partial charge in [0.15, 0.2) is 0 Å². The van der Waals surface area contributed by atoms with E-state index in [1.807, 2.05) is 54.7 Å². The summed E-state index contributed by atoms with van der Waals surface area (Å²) in [5, 5.41) is 7.45. The number of nitrogens with zero attached hydrogens (tertiary/aromatic N) is 1. The van der Waals surface area contributed by atoms with Crippen molar-refractivity contribution < 1.29 is 14.4 Å². The highest BCUT2D eigenvalue weighted by Crippen LogP contribution is 2.35. The minimum Gasteiger partial charge on any atom is -0.361 e. The molecular weight excluding hydrogens is 452 g/mol. The number of nitrogens with one attached hydrogen (secondary N) is 3. The third-order valence-corrected chi connectivity index (χ3v) is 7.38. The average Bonchev–Trinajstić information content (AvgIpc) is 3.36. The van der Waals surface area contributed by atoms with Crippen molar-refractivity contribution in [1.82, 2.24) is 20.5 Å². The van der Waals surface area contributed by atoms with Crippen LogP contribution in [0.3, 0.4) is 0 Å². The zero-order valence-electron chi connectivity index (χ0n) is 18.8. The van der Waals surface area contributed by atoms with Crippen LogP contribution in [0.25, 0.3) is 10.9 Å². The lowest BCUT2D eigenvalue weighted by atomic mass is 9.82. The number of carbonyl (C=O) groups is 3. The lowest BCUT2D eigenvalue weighted by molar-refractivity contribution is -0.135. The molecule has 34 heavy (non-hydrogen) atoms. The number of aromatic nitrogens is 1. The minimum absolute atomic E-state index is 0.207. The molecule has 8 heteroatoms. The molecule has 3 aromatic rings. The second-order valence-electron chi connectivity index (χ2n) is 9.13. The van der Waals surface area contributed by atoms with Crippen LogP contribution in [0.2, 0.25) is 5.02 Å². The Hall–Kier alpha value is -3.32. The summed E-state index contributed by atoms with van der Waals surface area (Å²) in [6.07, 6.45) is 6.06. The average molecular weight is 479 g/mol. The van der Waals surface area contributed by atoms with Gasteiger partial charge in [0.2, 0.25) is 5.91 Å². The largest absolute Gasteiger partial charge is 0.361 e. The molecule has 2 aliphatic rings. The van der Waals surface area contributed by atoms with Gasteiger partial charge in [-0.2, -0.15) is 0 Å². The summed E-state index contributed by atoms with van der Waals surface area (Å²) in [5.41, 5.74) is 2.07. The quantitative estimate of drug-likeness (QED) is 0.460. The number of hydrogen-bond donors (Lipinski definition) is 3. The number of aromatic amines is 1. The first-order valence-electron chi connectivity index (χ1n) is 11.7. The number of amides is 4. The molecule has 176 valence electrons. The Balaban J connectivity index is 1.34. The number of halogens is 1. The fourth-order valence-corrected chi connectivity index (χ4v) is 5.52. The van der Waals surface area contributed by atoms with Gasteiger partial charge in [-0.25, -0.2) is 4.79 Å². The second kappa shape index (κ2) is 9.14. The Morgan fingerprint density at radius 1 is 1.03 bits per heavy atom. The van der Waals surface area contributed by atoms with Gasteiger partial charge in [-0.1, -0.05) is 67.3 Å². The standard InChI is InChI=1S/C26H27ClN4O3/c27-21-10-4-2-8-17(21)19(20-14-28-22-11-5-3-9-18(20)22)15-29-23(32)16-31-24(33)26(30-25(31)34)12-6-1-7-13-26/h2-5,8-11,14,19,28H,1,6-7,12-13,15-16H2,(H,29,32)(H,30,34). The van der Waals surface area contributed by atoms with Crippen LogP contribution in [-0.4, -0.2) is 46.4 Å². The molecule has 2 fully saturated rings. The normalized spacial score (nSPS) is 18.3. The molecule has 1 aromatic heterocycles. The lowest BCUT2D eigenvalue weighted by Crippen LogP contribution is -2.49. The first-order chi connectivity index (χ1) is 16.5. The Labute approximate surface area is 202 Å². The monoisotopic (exact) mass is 478 g/mol. The first-order valence-corrected chi connectivity index (χ1v) is 12.1. The van der Waals surface area contributed by atoms with Crippen molar-refractivity contribution in [3.63, 3.8) is 0 Å². The van der Waals surface area contributed by atoms with E-state index in [2.05, 4.69) is 15.6 Å². The predicted octanol–water partition coefficient (Wildman–Crippen LogP) is 4.32. The minimum atomic E-state index is -0.834. The van der Waals surface area contributed by atoms with Crippen LogP contribution < -0.4 is 10.6 Å². The van der Waals surface area contributed by atoms with Crippen LogP contribution in [0.4, 0.5) is 4.79 Å².